The van der Waals surface area contributed by atoms with Gasteiger partial charge in [-0.3, -0.25) is 14.9 Å². The number of nitrogens with zero attached hydrogens (tertiary/aromatic N) is 2. The predicted molar refractivity (Wildman–Crippen MR) is 68.2 cm³/mol. The molecule has 0 aliphatic rings. The number of para-hydroxylation sites is 1. The number of benzene rings is 1. The van der Waals surface area contributed by atoms with Gasteiger partial charge in [0.05, 0.1) is 4.92 Å². The van der Waals surface area contributed by atoms with Crippen LogP contribution in [0.1, 0.15) is 12.8 Å². The molecule has 0 saturated carbocycles. The number of aliphatic carboxylic acids is 1. The number of carboxylic acid groups (broad SMARTS) is 1. The molecule has 0 saturated heterocycles. The van der Waals surface area contributed by atoms with Crippen molar-refractivity contribution in [2.75, 3.05) is 18.5 Å². The number of nitro benzene ring substituents is 1. The van der Waals surface area contributed by atoms with Crippen LogP contribution in [0.25, 0.3) is 0 Å². The van der Waals surface area contributed by atoms with Gasteiger partial charge in [-0.2, -0.15) is 0 Å². The van der Waals surface area contributed by atoms with Crippen molar-refractivity contribution in [1.82, 2.24) is 0 Å². The molecule has 98 valence electrons. The molecule has 0 aliphatic carbocycles. The van der Waals surface area contributed by atoms with E-state index in [1.54, 1.807) is 24.1 Å². The van der Waals surface area contributed by atoms with Gasteiger partial charge in [0.2, 0.25) is 0 Å². The van der Waals surface area contributed by atoms with Crippen molar-refractivity contribution < 1.29 is 14.8 Å². The molecule has 0 spiro atoms. The molecule has 0 aromatic heterocycles. The number of carbonyl (C=O) groups is 1. The van der Waals surface area contributed by atoms with Crippen LogP contribution in [-0.4, -0.2) is 29.6 Å². The van der Waals surface area contributed by atoms with Crippen molar-refractivity contribution in [3.05, 3.63) is 33.3 Å². The van der Waals surface area contributed by atoms with Gasteiger partial charge in [0, 0.05) is 20.0 Å². The largest absolute Gasteiger partial charge is 0.481 e. The fourth-order valence-corrected chi connectivity index (χ4v) is 1.82. The first kappa shape index (κ1) is 14.2. The van der Waals surface area contributed by atoms with Gasteiger partial charge in [-0.05, 0) is 18.6 Å². The number of carboxylic acids is 1. The van der Waals surface area contributed by atoms with E-state index < -0.39 is 10.9 Å². The lowest BCUT2D eigenvalue weighted by Gasteiger charge is -2.18. The van der Waals surface area contributed by atoms with Crippen LogP contribution in [0.5, 0.6) is 0 Å². The topological polar surface area (TPSA) is 83.7 Å². The molecule has 6 nitrogen and oxygen atoms in total. The Bertz CT molecular complexity index is 464. The lowest BCUT2D eigenvalue weighted by atomic mass is 10.2. The minimum absolute atomic E-state index is 0.0265. The highest BCUT2D eigenvalue weighted by atomic mass is 35.5. The molecule has 0 amide bonds. The molecular weight excluding hydrogens is 260 g/mol. The summed E-state index contributed by atoms with van der Waals surface area (Å²) in [6.45, 7) is 0.410. The second kappa shape index (κ2) is 6.20. The molecule has 0 bridgehead atoms. The second-order valence-electron chi connectivity index (χ2n) is 3.78. The third-order valence-electron chi connectivity index (χ3n) is 2.44. The van der Waals surface area contributed by atoms with Crippen molar-refractivity contribution in [3.8, 4) is 0 Å². The Kier molecular flexibility index (Phi) is 4.91. The third-order valence-corrected chi connectivity index (χ3v) is 2.75. The molecule has 0 fully saturated rings. The molecule has 7 heteroatoms. The minimum atomic E-state index is -0.885. The first-order valence-electron chi connectivity index (χ1n) is 5.29. The van der Waals surface area contributed by atoms with Gasteiger partial charge in [-0.15, -0.1) is 0 Å². The van der Waals surface area contributed by atoms with E-state index in [0.717, 1.165) is 0 Å². The van der Waals surface area contributed by atoms with Gasteiger partial charge in [-0.25, -0.2) is 0 Å². The van der Waals surface area contributed by atoms with Crippen molar-refractivity contribution >= 4 is 28.9 Å². The minimum Gasteiger partial charge on any atom is -0.481 e. The summed E-state index contributed by atoms with van der Waals surface area (Å²) in [5.74, 6) is -0.885. The molecular formula is C11H13ClN2O4. The van der Waals surface area contributed by atoms with Crippen molar-refractivity contribution in [1.29, 1.82) is 0 Å². The fraction of sp³-hybridized carbons (Fsp3) is 0.364. The zero-order valence-electron chi connectivity index (χ0n) is 9.80. The lowest BCUT2D eigenvalue weighted by Crippen LogP contribution is -2.20. The van der Waals surface area contributed by atoms with E-state index in [4.69, 9.17) is 16.7 Å². The number of hydrogen-bond acceptors (Lipinski definition) is 4. The zero-order valence-corrected chi connectivity index (χ0v) is 10.6. The Hall–Kier alpha value is -1.82. The Balaban J connectivity index is 2.85. The van der Waals surface area contributed by atoms with E-state index in [2.05, 4.69) is 0 Å². The van der Waals surface area contributed by atoms with Crippen LogP contribution >= 0.6 is 11.6 Å². The molecule has 0 atom stereocenters. The van der Waals surface area contributed by atoms with E-state index in [1.807, 2.05) is 0 Å². The van der Waals surface area contributed by atoms with E-state index in [-0.39, 0.29) is 17.1 Å². The van der Waals surface area contributed by atoms with Crippen molar-refractivity contribution in [2.45, 2.75) is 12.8 Å². The van der Waals surface area contributed by atoms with Crippen LogP contribution in [-0.2, 0) is 4.79 Å². The third kappa shape index (κ3) is 3.59. The summed E-state index contributed by atoms with van der Waals surface area (Å²) >= 11 is 5.79. The SMILES string of the molecule is CN(CCCC(=O)O)c1cccc(Cl)c1[N+](=O)[O-]. The number of rotatable bonds is 6. The maximum atomic E-state index is 10.9. The first-order valence-corrected chi connectivity index (χ1v) is 5.67. The van der Waals surface area contributed by atoms with Gasteiger partial charge in [0.1, 0.15) is 10.7 Å². The highest BCUT2D eigenvalue weighted by Crippen LogP contribution is 2.34. The molecule has 1 aromatic carbocycles. The molecule has 0 radical (unpaired) electrons. The van der Waals surface area contributed by atoms with Gasteiger partial charge < -0.3 is 10.0 Å². The van der Waals surface area contributed by atoms with Gasteiger partial charge in [-0.1, -0.05) is 17.7 Å². The van der Waals surface area contributed by atoms with Crippen molar-refractivity contribution in [2.24, 2.45) is 0 Å². The predicted octanol–water partition coefficient (Wildman–Crippen LogP) is 2.55. The summed E-state index contributed by atoms with van der Waals surface area (Å²) in [6.07, 6.45) is 0.439. The summed E-state index contributed by atoms with van der Waals surface area (Å²) in [7, 11) is 1.67. The average Bonchev–Trinajstić information content (AvgIpc) is 2.27. The maximum Gasteiger partial charge on any atom is 0.310 e. The second-order valence-corrected chi connectivity index (χ2v) is 4.19. The maximum absolute atomic E-state index is 10.9. The number of hydrogen-bond donors (Lipinski definition) is 1. The van der Waals surface area contributed by atoms with Crippen LogP contribution < -0.4 is 4.90 Å². The fourth-order valence-electron chi connectivity index (χ4n) is 1.58. The Labute approximate surface area is 109 Å². The van der Waals surface area contributed by atoms with Gasteiger partial charge >= 0.3 is 11.7 Å². The summed E-state index contributed by atoms with van der Waals surface area (Å²) in [5, 5.41) is 19.5. The van der Waals surface area contributed by atoms with E-state index >= 15 is 0 Å². The Morgan fingerprint density at radius 3 is 2.78 bits per heavy atom. The molecule has 0 unspecified atom stereocenters. The number of halogens is 1. The Morgan fingerprint density at radius 2 is 2.22 bits per heavy atom. The standard InChI is InChI=1S/C11H13ClN2O4/c1-13(7-3-6-10(15)16)9-5-2-4-8(12)11(9)14(17)18/h2,4-5H,3,6-7H2,1H3,(H,15,16). The monoisotopic (exact) mass is 272 g/mol. The van der Waals surface area contributed by atoms with Crippen LogP contribution in [0.3, 0.4) is 0 Å². The summed E-state index contributed by atoms with van der Waals surface area (Å²) in [6, 6.07) is 4.66. The summed E-state index contributed by atoms with van der Waals surface area (Å²) < 4.78 is 0. The van der Waals surface area contributed by atoms with Crippen molar-refractivity contribution in [3.63, 3.8) is 0 Å². The molecule has 0 heterocycles. The Morgan fingerprint density at radius 1 is 1.56 bits per heavy atom. The van der Waals surface area contributed by atoms with E-state index in [1.165, 1.54) is 6.07 Å². The average molecular weight is 273 g/mol. The number of anilines is 1. The summed E-state index contributed by atoms with van der Waals surface area (Å²) in [4.78, 5) is 22.4. The summed E-state index contributed by atoms with van der Waals surface area (Å²) in [5.41, 5.74) is 0.231. The van der Waals surface area contributed by atoms with Crippen LogP contribution in [0.2, 0.25) is 5.02 Å². The van der Waals surface area contributed by atoms with E-state index in [0.29, 0.717) is 18.7 Å². The number of nitro groups is 1. The molecule has 0 aliphatic heterocycles. The van der Waals surface area contributed by atoms with Crippen LogP contribution in [0.4, 0.5) is 11.4 Å². The molecule has 1 aromatic rings. The zero-order chi connectivity index (χ0) is 13.7. The highest BCUT2D eigenvalue weighted by molar-refractivity contribution is 6.33. The lowest BCUT2D eigenvalue weighted by molar-refractivity contribution is -0.384. The van der Waals surface area contributed by atoms with Gasteiger partial charge in [0.15, 0.2) is 0 Å². The first-order chi connectivity index (χ1) is 8.43. The highest BCUT2D eigenvalue weighted by Gasteiger charge is 2.20. The molecule has 18 heavy (non-hydrogen) atoms. The van der Waals surface area contributed by atoms with Gasteiger partial charge in [0.25, 0.3) is 0 Å². The van der Waals surface area contributed by atoms with Crippen LogP contribution in [0, 0.1) is 10.1 Å². The molecule has 1 N–H and O–H groups in total. The smallest absolute Gasteiger partial charge is 0.310 e. The normalized spacial score (nSPS) is 10.1. The molecule has 1 rings (SSSR count). The quantitative estimate of drug-likeness (QED) is 0.635. The van der Waals surface area contributed by atoms with E-state index in [9.17, 15) is 14.9 Å². The van der Waals surface area contributed by atoms with Crippen LogP contribution in [0.15, 0.2) is 18.2 Å².